The molecule has 0 amide bonds. The SMILES string of the molecule is CSc1c(N)c(C(=O)O)c(C)c2c1CCCC2. The van der Waals surface area contributed by atoms with Crippen molar-refractivity contribution in [1.82, 2.24) is 0 Å². The van der Waals surface area contributed by atoms with Gasteiger partial charge >= 0.3 is 5.97 Å². The predicted molar refractivity (Wildman–Crippen MR) is 71.0 cm³/mol. The van der Waals surface area contributed by atoms with E-state index in [1.807, 2.05) is 13.2 Å². The van der Waals surface area contributed by atoms with E-state index in [2.05, 4.69) is 0 Å². The third kappa shape index (κ3) is 1.90. The Morgan fingerprint density at radius 3 is 2.41 bits per heavy atom. The number of carbonyl (C=O) groups is 1. The van der Waals surface area contributed by atoms with Crippen LogP contribution in [0.5, 0.6) is 0 Å². The Bertz CT molecular complexity index is 460. The number of thioether (sulfide) groups is 1. The number of carboxylic acid groups (broad SMARTS) is 1. The number of rotatable bonds is 2. The first-order chi connectivity index (χ1) is 8.07. The molecule has 0 aliphatic heterocycles. The zero-order valence-corrected chi connectivity index (χ0v) is 11.0. The van der Waals surface area contributed by atoms with Crippen molar-refractivity contribution >= 4 is 23.4 Å². The van der Waals surface area contributed by atoms with Crippen molar-refractivity contribution in [2.24, 2.45) is 0 Å². The van der Waals surface area contributed by atoms with E-state index in [1.165, 1.54) is 17.5 Å². The topological polar surface area (TPSA) is 63.3 Å². The highest BCUT2D eigenvalue weighted by Gasteiger charge is 2.24. The number of carboxylic acids is 1. The van der Waals surface area contributed by atoms with Gasteiger partial charge < -0.3 is 10.8 Å². The molecule has 1 aliphatic carbocycles. The summed E-state index contributed by atoms with van der Waals surface area (Å²) < 4.78 is 0. The van der Waals surface area contributed by atoms with Gasteiger partial charge in [0.25, 0.3) is 0 Å². The van der Waals surface area contributed by atoms with Gasteiger partial charge in [0.05, 0.1) is 11.3 Å². The first kappa shape index (κ1) is 12.3. The monoisotopic (exact) mass is 251 g/mol. The summed E-state index contributed by atoms with van der Waals surface area (Å²) in [6.07, 6.45) is 6.28. The van der Waals surface area contributed by atoms with Gasteiger partial charge in [-0.3, -0.25) is 0 Å². The Labute approximate surface area is 105 Å². The molecule has 0 saturated heterocycles. The van der Waals surface area contributed by atoms with Gasteiger partial charge in [-0.2, -0.15) is 0 Å². The molecule has 3 nitrogen and oxygen atoms in total. The molecule has 0 atom stereocenters. The molecule has 17 heavy (non-hydrogen) atoms. The zero-order chi connectivity index (χ0) is 12.6. The van der Waals surface area contributed by atoms with E-state index in [-0.39, 0.29) is 0 Å². The molecule has 0 fully saturated rings. The number of anilines is 1. The highest BCUT2D eigenvalue weighted by molar-refractivity contribution is 7.98. The first-order valence-electron chi connectivity index (χ1n) is 5.79. The largest absolute Gasteiger partial charge is 0.478 e. The minimum absolute atomic E-state index is 0.301. The molecule has 92 valence electrons. The molecule has 1 aromatic carbocycles. The Balaban J connectivity index is 2.76. The Morgan fingerprint density at radius 2 is 1.88 bits per heavy atom. The van der Waals surface area contributed by atoms with E-state index in [1.54, 1.807) is 11.8 Å². The van der Waals surface area contributed by atoms with Crippen molar-refractivity contribution in [2.75, 3.05) is 12.0 Å². The van der Waals surface area contributed by atoms with E-state index in [0.717, 1.165) is 29.7 Å². The van der Waals surface area contributed by atoms with E-state index in [9.17, 15) is 9.90 Å². The zero-order valence-electron chi connectivity index (χ0n) is 10.2. The van der Waals surface area contributed by atoms with Crippen LogP contribution < -0.4 is 5.73 Å². The third-order valence-corrected chi connectivity index (χ3v) is 4.38. The lowest BCUT2D eigenvalue weighted by Crippen LogP contribution is -2.15. The lowest BCUT2D eigenvalue weighted by atomic mass is 9.85. The van der Waals surface area contributed by atoms with Crippen molar-refractivity contribution in [3.63, 3.8) is 0 Å². The summed E-state index contributed by atoms with van der Waals surface area (Å²) >= 11 is 1.56. The first-order valence-corrected chi connectivity index (χ1v) is 7.01. The highest BCUT2D eigenvalue weighted by atomic mass is 32.2. The Kier molecular flexibility index (Phi) is 3.33. The molecule has 0 aromatic heterocycles. The molecule has 0 saturated carbocycles. The number of nitrogens with two attached hydrogens (primary N) is 1. The molecule has 2 rings (SSSR count). The van der Waals surface area contributed by atoms with Crippen LogP contribution in [-0.2, 0) is 12.8 Å². The van der Waals surface area contributed by atoms with Crippen molar-refractivity contribution in [3.8, 4) is 0 Å². The highest BCUT2D eigenvalue weighted by Crippen LogP contribution is 2.39. The Hall–Kier alpha value is -1.16. The van der Waals surface area contributed by atoms with E-state index < -0.39 is 5.97 Å². The minimum Gasteiger partial charge on any atom is -0.478 e. The van der Waals surface area contributed by atoms with E-state index in [4.69, 9.17) is 5.73 Å². The van der Waals surface area contributed by atoms with Crippen LogP contribution in [0, 0.1) is 6.92 Å². The van der Waals surface area contributed by atoms with Crippen molar-refractivity contribution in [3.05, 3.63) is 22.3 Å². The average molecular weight is 251 g/mol. The second kappa shape index (κ2) is 4.61. The van der Waals surface area contributed by atoms with Crippen molar-refractivity contribution in [1.29, 1.82) is 0 Å². The van der Waals surface area contributed by atoms with Crippen LogP contribution in [0.2, 0.25) is 0 Å². The quantitative estimate of drug-likeness (QED) is 0.626. The summed E-state index contributed by atoms with van der Waals surface area (Å²) in [7, 11) is 0. The van der Waals surface area contributed by atoms with E-state index >= 15 is 0 Å². The number of hydrogen-bond donors (Lipinski definition) is 2. The normalized spacial score (nSPS) is 14.5. The van der Waals surface area contributed by atoms with Gasteiger partial charge in [-0.05, 0) is 55.6 Å². The van der Waals surface area contributed by atoms with Gasteiger partial charge in [-0.25, -0.2) is 4.79 Å². The fourth-order valence-electron chi connectivity index (χ4n) is 2.71. The molecule has 0 radical (unpaired) electrons. The minimum atomic E-state index is -0.913. The van der Waals surface area contributed by atoms with Crippen LogP contribution in [0.3, 0.4) is 0 Å². The molecule has 0 unspecified atom stereocenters. The lowest BCUT2D eigenvalue weighted by Gasteiger charge is -2.24. The molecular formula is C13H17NO2S. The van der Waals surface area contributed by atoms with Gasteiger partial charge in [0.2, 0.25) is 0 Å². The summed E-state index contributed by atoms with van der Waals surface area (Å²) in [4.78, 5) is 12.3. The standard InChI is InChI=1S/C13H17NO2S/c1-7-8-5-3-4-6-9(8)12(17-2)11(14)10(7)13(15)16/h3-6,14H2,1-2H3,(H,15,16). The number of nitrogen functional groups attached to an aromatic ring is 1. The number of benzene rings is 1. The molecule has 0 heterocycles. The van der Waals surface area contributed by atoms with Crippen LogP contribution in [0.1, 0.15) is 39.9 Å². The molecule has 4 heteroatoms. The second-order valence-corrected chi connectivity index (χ2v) is 5.23. The molecule has 1 aliphatic rings. The summed E-state index contributed by atoms with van der Waals surface area (Å²) in [5, 5.41) is 9.28. The maximum atomic E-state index is 11.3. The predicted octanol–water partition coefficient (Wildman–Crippen LogP) is 2.88. The van der Waals surface area contributed by atoms with Crippen LogP contribution >= 0.6 is 11.8 Å². The molecular weight excluding hydrogens is 234 g/mol. The van der Waals surface area contributed by atoms with Gasteiger partial charge in [0.15, 0.2) is 0 Å². The smallest absolute Gasteiger partial charge is 0.338 e. The van der Waals surface area contributed by atoms with Crippen LogP contribution in [0.15, 0.2) is 4.90 Å². The van der Waals surface area contributed by atoms with Crippen molar-refractivity contribution < 1.29 is 9.90 Å². The molecule has 3 N–H and O–H groups in total. The number of hydrogen-bond acceptors (Lipinski definition) is 3. The third-order valence-electron chi connectivity index (χ3n) is 3.50. The summed E-state index contributed by atoms with van der Waals surface area (Å²) in [5.74, 6) is -0.913. The average Bonchev–Trinajstić information content (AvgIpc) is 2.29. The second-order valence-electron chi connectivity index (χ2n) is 4.42. The fourth-order valence-corrected chi connectivity index (χ4v) is 3.50. The van der Waals surface area contributed by atoms with Gasteiger partial charge in [0, 0.05) is 4.90 Å². The Morgan fingerprint density at radius 1 is 1.29 bits per heavy atom. The maximum Gasteiger partial charge on any atom is 0.338 e. The summed E-state index contributed by atoms with van der Waals surface area (Å²) in [5.41, 5.74) is 10.1. The van der Waals surface area contributed by atoms with Crippen LogP contribution in [-0.4, -0.2) is 17.3 Å². The summed E-state index contributed by atoms with van der Waals surface area (Å²) in [6.45, 7) is 1.88. The van der Waals surface area contributed by atoms with Crippen LogP contribution in [0.4, 0.5) is 5.69 Å². The van der Waals surface area contributed by atoms with Gasteiger partial charge in [0.1, 0.15) is 0 Å². The van der Waals surface area contributed by atoms with Gasteiger partial charge in [-0.1, -0.05) is 0 Å². The molecule has 0 bridgehead atoms. The maximum absolute atomic E-state index is 11.3. The van der Waals surface area contributed by atoms with Crippen LogP contribution in [0.25, 0.3) is 0 Å². The fraction of sp³-hybridized carbons (Fsp3) is 0.462. The molecule has 1 aromatic rings. The number of fused-ring (bicyclic) bond motifs is 1. The van der Waals surface area contributed by atoms with Gasteiger partial charge in [-0.15, -0.1) is 11.8 Å². The van der Waals surface area contributed by atoms with E-state index in [0.29, 0.717) is 11.3 Å². The summed E-state index contributed by atoms with van der Waals surface area (Å²) in [6, 6.07) is 0. The molecule has 0 spiro atoms. The number of aromatic carboxylic acids is 1. The lowest BCUT2D eigenvalue weighted by molar-refractivity contribution is 0.0697. The van der Waals surface area contributed by atoms with Crippen molar-refractivity contribution in [2.45, 2.75) is 37.5 Å².